The summed E-state index contributed by atoms with van der Waals surface area (Å²) in [6.45, 7) is 3.55. The van der Waals surface area contributed by atoms with Gasteiger partial charge >= 0.3 is 0 Å². The molecule has 1 saturated heterocycles. The van der Waals surface area contributed by atoms with Gasteiger partial charge in [-0.1, -0.05) is 12.1 Å². The second-order valence-electron chi connectivity index (χ2n) is 4.92. The summed E-state index contributed by atoms with van der Waals surface area (Å²) in [5.74, 6) is 0. The van der Waals surface area contributed by atoms with E-state index in [1.165, 1.54) is 6.07 Å². The van der Waals surface area contributed by atoms with Crippen molar-refractivity contribution in [2.24, 2.45) is 5.14 Å². The van der Waals surface area contributed by atoms with Crippen LogP contribution in [0.4, 0.5) is 0 Å². The number of primary sulfonamides is 1. The van der Waals surface area contributed by atoms with E-state index in [1.807, 2.05) is 13.0 Å². The van der Waals surface area contributed by atoms with Gasteiger partial charge in [0.2, 0.25) is 10.0 Å². The first-order valence-corrected chi connectivity index (χ1v) is 7.98. The van der Waals surface area contributed by atoms with Crippen molar-refractivity contribution in [3.05, 3.63) is 29.8 Å². The van der Waals surface area contributed by atoms with Gasteiger partial charge in [0.1, 0.15) is 0 Å². The van der Waals surface area contributed by atoms with Crippen LogP contribution in [0, 0.1) is 0 Å². The Morgan fingerprint density at radius 1 is 1.47 bits per heavy atom. The molecule has 1 aliphatic heterocycles. The first-order valence-electron chi connectivity index (χ1n) is 6.43. The molecule has 0 bridgehead atoms. The molecule has 0 amide bonds. The van der Waals surface area contributed by atoms with Gasteiger partial charge in [-0.2, -0.15) is 0 Å². The molecule has 2 unspecified atom stereocenters. The maximum absolute atomic E-state index is 11.3. The monoisotopic (exact) mass is 284 g/mol. The van der Waals surface area contributed by atoms with Gasteiger partial charge in [-0.05, 0) is 37.5 Å². The van der Waals surface area contributed by atoms with Crippen molar-refractivity contribution >= 4 is 10.0 Å². The lowest BCUT2D eigenvalue weighted by Gasteiger charge is -2.27. The molecule has 2 rings (SSSR count). The molecule has 0 saturated carbocycles. The van der Waals surface area contributed by atoms with Crippen LogP contribution < -0.4 is 10.5 Å². The van der Waals surface area contributed by atoms with Gasteiger partial charge < -0.3 is 10.1 Å². The largest absolute Gasteiger partial charge is 0.380 e. The second kappa shape index (κ2) is 6.00. The minimum atomic E-state index is -3.64. The zero-order chi connectivity index (χ0) is 13.9. The Labute approximate surface area is 114 Å². The molecule has 1 aliphatic rings. The van der Waals surface area contributed by atoms with Gasteiger partial charge in [0.15, 0.2) is 0 Å². The third-order valence-electron chi connectivity index (χ3n) is 3.33. The smallest absolute Gasteiger partial charge is 0.238 e. The number of nitrogens with two attached hydrogens (primary N) is 1. The summed E-state index contributed by atoms with van der Waals surface area (Å²) in [7, 11) is -3.64. The van der Waals surface area contributed by atoms with Crippen LogP contribution in [0.5, 0.6) is 0 Å². The Morgan fingerprint density at radius 3 is 2.89 bits per heavy atom. The Bertz CT molecular complexity index is 524. The highest BCUT2D eigenvalue weighted by Crippen LogP contribution is 2.18. The predicted molar refractivity (Wildman–Crippen MR) is 73.2 cm³/mol. The summed E-state index contributed by atoms with van der Waals surface area (Å²) in [6.07, 6.45) is 2.14. The van der Waals surface area contributed by atoms with E-state index in [1.54, 1.807) is 12.1 Å². The minimum absolute atomic E-state index is 0.0633. The number of hydrogen-bond acceptors (Lipinski definition) is 4. The van der Waals surface area contributed by atoms with Crippen molar-refractivity contribution in [2.45, 2.75) is 36.7 Å². The third-order valence-corrected chi connectivity index (χ3v) is 4.24. The van der Waals surface area contributed by atoms with Crippen LogP contribution in [0.25, 0.3) is 0 Å². The summed E-state index contributed by atoms with van der Waals surface area (Å²) >= 11 is 0. The molecule has 2 atom stereocenters. The normalized spacial score (nSPS) is 22.1. The van der Waals surface area contributed by atoms with Gasteiger partial charge in [0, 0.05) is 18.7 Å². The fourth-order valence-corrected chi connectivity index (χ4v) is 2.85. The van der Waals surface area contributed by atoms with Crippen LogP contribution in [0.3, 0.4) is 0 Å². The van der Waals surface area contributed by atoms with Crippen molar-refractivity contribution < 1.29 is 13.2 Å². The summed E-state index contributed by atoms with van der Waals surface area (Å²) < 4.78 is 28.1. The zero-order valence-electron chi connectivity index (χ0n) is 11.0. The van der Waals surface area contributed by atoms with Crippen LogP contribution >= 0.6 is 0 Å². The van der Waals surface area contributed by atoms with E-state index < -0.39 is 10.0 Å². The van der Waals surface area contributed by atoms with Gasteiger partial charge in [-0.3, -0.25) is 0 Å². The maximum atomic E-state index is 11.3. The second-order valence-corrected chi connectivity index (χ2v) is 6.48. The quantitative estimate of drug-likeness (QED) is 0.869. The molecule has 19 heavy (non-hydrogen) atoms. The number of sulfonamides is 1. The molecule has 0 spiro atoms. The van der Waals surface area contributed by atoms with Gasteiger partial charge in [0.05, 0.1) is 11.5 Å². The topological polar surface area (TPSA) is 81.4 Å². The highest BCUT2D eigenvalue weighted by atomic mass is 32.2. The standard InChI is InChI=1S/C13H20N2O3S/c1-10(15-12-5-3-7-18-9-12)11-4-2-6-13(8-11)19(14,16)17/h2,4,6,8,10,12,15H,3,5,7,9H2,1H3,(H2,14,16,17). The fraction of sp³-hybridized carbons (Fsp3) is 0.538. The van der Waals surface area contributed by atoms with Crippen LogP contribution in [0.15, 0.2) is 29.2 Å². The number of ether oxygens (including phenoxy) is 1. The molecule has 0 radical (unpaired) electrons. The molecular formula is C13H20N2O3S. The molecular weight excluding hydrogens is 264 g/mol. The van der Waals surface area contributed by atoms with E-state index in [9.17, 15) is 8.42 Å². The summed E-state index contributed by atoms with van der Waals surface area (Å²) in [5.41, 5.74) is 0.914. The van der Waals surface area contributed by atoms with Crippen molar-refractivity contribution in [2.75, 3.05) is 13.2 Å². The molecule has 1 aromatic rings. The third kappa shape index (κ3) is 4.01. The molecule has 5 nitrogen and oxygen atoms in total. The van der Waals surface area contributed by atoms with Crippen molar-refractivity contribution in [1.29, 1.82) is 0 Å². The molecule has 0 aromatic heterocycles. The zero-order valence-corrected chi connectivity index (χ0v) is 11.8. The molecule has 1 fully saturated rings. The van der Waals surface area contributed by atoms with Crippen LogP contribution in [-0.2, 0) is 14.8 Å². The molecule has 6 heteroatoms. The number of nitrogens with one attached hydrogen (secondary N) is 1. The minimum Gasteiger partial charge on any atom is -0.380 e. The molecule has 3 N–H and O–H groups in total. The van der Waals surface area contributed by atoms with Crippen molar-refractivity contribution in [3.8, 4) is 0 Å². The Hall–Kier alpha value is -0.950. The lowest BCUT2D eigenvalue weighted by Crippen LogP contribution is -2.38. The molecule has 1 heterocycles. The number of benzene rings is 1. The van der Waals surface area contributed by atoms with Gasteiger partial charge in [-0.15, -0.1) is 0 Å². The Balaban J connectivity index is 2.08. The van der Waals surface area contributed by atoms with E-state index >= 15 is 0 Å². The van der Waals surface area contributed by atoms with Crippen molar-refractivity contribution in [3.63, 3.8) is 0 Å². The summed E-state index contributed by atoms with van der Waals surface area (Å²) in [6, 6.07) is 7.13. The first-order chi connectivity index (χ1) is 8.97. The predicted octanol–water partition coefficient (Wildman–Crippen LogP) is 1.16. The van der Waals surface area contributed by atoms with E-state index in [2.05, 4.69) is 5.32 Å². The SMILES string of the molecule is CC(NC1CCCOC1)c1cccc(S(N)(=O)=O)c1. The van der Waals surface area contributed by atoms with E-state index in [4.69, 9.17) is 9.88 Å². The van der Waals surface area contributed by atoms with Gasteiger partial charge in [-0.25, -0.2) is 13.6 Å². The highest BCUT2D eigenvalue weighted by Gasteiger charge is 2.17. The molecule has 106 valence electrons. The first kappa shape index (κ1) is 14.5. The lowest BCUT2D eigenvalue weighted by molar-refractivity contribution is 0.0671. The summed E-state index contributed by atoms with van der Waals surface area (Å²) in [5, 5.41) is 8.59. The molecule has 0 aliphatic carbocycles. The van der Waals surface area contributed by atoms with Gasteiger partial charge in [0.25, 0.3) is 0 Å². The van der Waals surface area contributed by atoms with E-state index in [-0.39, 0.29) is 10.9 Å². The average molecular weight is 284 g/mol. The number of hydrogen-bond donors (Lipinski definition) is 2. The van der Waals surface area contributed by atoms with Crippen LogP contribution in [0.1, 0.15) is 31.4 Å². The highest BCUT2D eigenvalue weighted by molar-refractivity contribution is 7.89. The molecule has 1 aromatic carbocycles. The number of rotatable bonds is 4. The maximum Gasteiger partial charge on any atom is 0.238 e. The van der Waals surface area contributed by atoms with E-state index in [0.29, 0.717) is 12.6 Å². The van der Waals surface area contributed by atoms with Crippen LogP contribution in [0.2, 0.25) is 0 Å². The fourth-order valence-electron chi connectivity index (χ4n) is 2.28. The lowest BCUT2D eigenvalue weighted by atomic mass is 10.1. The average Bonchev–Trinajstić information content (AvgIpc) is 2.39. The van der Waals surface area contributed by atoms with Crippen molar-refractivity contribution in [1.82, 2.24) is 5.32 Å². The summed E-state index contributed by atoms with van der Waals surface area (Å²) in [4.78, 5) is 0.151. The Morgan fingerprint density at radius 2 is 2.26 bits per heavy atom. The van der Waals surface area contributed by atoms with E-state index in [0.717, 1.165) is 25.0 Å². The Kier molecular flexibility index (Phi) is 4.57. The van der Waals surface area contributed by atoms with Crippen LogP contribution in [-0.4, -0.2) is 27.7 Å².